The van der Waals surface area contributed by atoms with Gasteiger partial charge >= 0.3 is 6.18 Å². The molecule has 0 unspecified atom stereocenters. The van der Waals surface area contributed by atoms with Crippen molar-refractivity contribution >= 4 is 5.91 Å². The maximum Gasteiger partial charge on any atom is 0.390 e. The van der Waals surface area contributed by atoms with Gasteiger partial charge in [-0.3, -0.25) is 4.79 Å². The van der Waals surface area contributed by atoms with Gasteiger partial charge in [0.05, 0.1) is 13.0 Å². The minimum absolute atomic E-state index is 0.196. The number of rotatable bonds is 3. The summed E-state index contributed by atoms with van der Waals surface area (Å²) in [6.45, 7) is -0.247. The molecule has 6 heteroatoms. The molecule has 0 heterocycles. The molecule has 0 aliphatic rings. The van der Waals surface area contributed by atoms with Crippen molar-refractivity contribution in [3.05, 3.63) is 35.4 Å². The van der Waals surface area contributed by atoms with Gasteiger partial charge in [0.2, 0.25) is 0 Å². The highest BCUT2D eigenvalue weighted by Gasteiger charge is 2.26. The Balaban J connectivity index is 2.62. The summed E-state index contributed by atoms with van der Waals surface area (Å²) in [6, 6.07) is 6.32. The summed E-state index contributed by atoms with van der Waals surface area (Å²) in [6.07, 6.45) is -5.33. The first kappa shape index (κ1) is 15.1. The molecule has 19 heavy (non-hydrogen) atoms. The highest BCUT2D eigenvalue weighted by atomic mass is 19.4. The first-order chi connectivity index (χ1) is 8.92. The van der Waals surface area contributed by atoms with Gasteiger partial charge in [-0.05, 0) is 18.2 Å². The lowest BCUT2D eigenvalue weighted by atomic mass is 10.1. The largest absolute Gasteiger partial charge is 0.390 e. The highest BCUT2D eigenvalue weighted by Crippen LogP contribution is 2.18. The van der Waals surface area contributed by atoms with Crippen molar-refractivity contribution in [3.63, 3.8) is 0 Å². The maximum absolute atomic E-state index is 11.9. The number of nitrogens with two attached hydrogens (primary N) is 1. The summed E-state index contributed by atoms with van der Waals surface area (Å²) in [5.74, 6) is 4.82. The van der Waals surface area contributed by atoms with Crippen LogP contribution >= 0.6 is 0 Å². The average Bonchev–Trinajstić information content (AvgIpc) is 2.35. The van der Waals surface area contributed by atoms with E-state index < -0.39 is 25.0 Å². The van der Waals surface area contributed by atoms with Crippen LogP contribution in [0.5, 0.6) is 0 Å². The number of hydrogen-bond acceptors (Lipinski definition) is 2. The summed E-state index contributed by atoms with van der Waals surface area (Å²) < 4.78 is 35.8. The summed E-state index contributed by atoms with van der Waals surface area (Å²) in [5, 5.41) is 2.21. The van der Waals surface area contributed by atoms with Crippen LogP contribution in [-0.2, 0) is 0 Å². The molecule has 1 rings (SSSR count). The third-order valence-electron chi connectivity index (χ3n) is 2.15. The lowest BCUT2D eigenvalue weighted by Gasteiger charge is -2.08. The average molecular weight is 270 g/mol. The van der Waals surface area contributed by atoms with Crippen LogP contribution in [0.4, 0.5) is 13.2 Å². The van der Waals surface area contributed by atoms with E-state index in [2.05, 4.69) is 17.2 Å². The SMILES string of the molecule is NCC#Cc1cccc(C(=O)NCCC(F)(F)F)c1. The van der Waals surface area contributed by atoms with Crippen LogP contribution in [-0.4, -0.2) is 25.2 Å². The van der Waals surface area contributed by atoms with E-state index in [4.69, 9.17) is 5.73 Å². The Hall–Kier alpha value is -2.00. The van der Waals surface area contributed by atoms with Crippen LogP contribution in [0.3, 0.4) is 0 Å². The second-order valence-corrected chi connectivity index (χ2v) is 3.71. The van der Waals surface area contributed by atoms with Crippen molar-refractivity contribution < 1.29 is 18.0 Å². The van der Waals surface area contributed by atoms with Gasteiger partial charge in [-0.25, -0.2) is 0 Å². The van der Waals surface area contributed by atoms with Crippen LogP contribution in [0.2, 0.25) is 0 Å². The number of nitrogens with one attached hydrogen (secondary N) is 1. The zero-order valence-corrected chi connectivity index (χ0v) is 10.1. The molecule has 0 saturated carbocycles. The summed E-state index contributed by atoms with van der Waals surface area (Å²) in [4.78, 5) is 11.6. The van der Waals surface area contributed by atoms with Gasteiger partial charge in [0, 0.05) is 17.7 Å². The first-order valence-electron chi connectivity index (χ1n) is 5.56. The molecule has 0 saturated heterocycles. The molecule has 1 aromatic carbocycles. The maximum atomic E-state index is 11.9. The van der Waals surface area contributed by atoms with Crippen LogP contribution in [0, 0.1) is 11.8 Å². The van der Waals surface area contributed by atoms with Crippen molar-refractivity contribution in [1.82, 2.24) is 5.32 Å². The van der Waals surface area contributed by atoms with Gasteiger partial charge in [0.25, 0.3) is 5.91 Å². The molecule has 0 fully saturated rings. The molecule has 102 valence electrons. The van der Waals surface area contributed by atoms with E-state index in [9.17, 15) is 18.0 Å². The van der Waals surface area contributed by atoms with Gasteiger partial charge in [0.15, 0.2) is 0 Å². The number of halogens is 3. The molecule has 3 N–H and O–H groups in total. The predicted molar refractivity (Wildman–Crippen MR) is 65.4 cm³/mol. The smallest absolute Gasteiger partial charge is 0.352 e. The van der Waals surface area contributed by atoms with Crippen molar-refractivity contribution in [2.75, 3.05) is 13.1 Å². The van der Waals surface area contributed by atoms with Crippen LogP contribution < -0.4 is 11.1 Å². The second-order valence-electron chi connectivity index (χ2n) is 3.71. The zero-order chi connectivity index (χ0) is 14.3. The lowest BCUT2D eigenvalue weighted by Crippen LogP contribution is -2.27. The summed E-state index contributed by atoms with van der Waals surface area (Å²) in [5.41, 5.74) is 6.08. The van der Waals surface area contributed by atoms with Crippen LogP contribution in [0.15, 0.2) is 24.3 Å². The third-order valence-corrected chi connectivity index (χ3v) is 2.15. The van der Waals surface area contributed by atoms with Crippen molar-refractivity contribution in [1.29, 1.82) is 0 Å². The molecular formula is C13H13F3N2O. The van der Waals surface area contributed by atoms with Crippen molar-refractivity contribution in [3.8, 4) is 11.8 Å². The highest BCUT2D eigenvalue weighted by molar-refractivity contribution is 5.94. The Bertz CT molecular complexity index is 501. The third kappa shape index (κ3) is 5.93. The number of alkyl halides is 3. The molecule has 0 aliphatic carbocycles. The second kappa shape index (κ2) is 6.81. The number of carbonyl (C=O) groups is 1. The molecule has 0 radical (unpaired) electrons. The summed E-state index contributed by atoms with van der Waals surface area (Å²) >= 11 is 0. The Morgan fingerprint density at radius 1 is 1.37 bits per heavy atom. The zero-order valence-electron chi connectivity index (χ0n) is 10.1. The molecule has 3 nitrogen and oxygen atoms in total. The summed E-state index contributed by atoms with van der Waals surface area (Å²) in [7, 11) is 0. The topological polar surface area (TPSA) is 55.1 Å². The van der Waals surface area contributed by atoms with Gasteiger partial charge in [0.1, 0.15) is 0 Å². The Morgan fingerprint density at radius 3 is 2.74 bits per heavy atom. The van der Waals surface area contributed by atoms with E-state index in [1.54, 1.807) is 12.1 Å². The molecular weight excluding hydrogens is 257 g/mol. The Morgan fingerprint density at radius 2 is 2.11 bits per heavy atom. The van der Waals surface area contributed by atoms with Gasteiger partial charge in [-0.2, -0.15) is 13.2 Å². The minimum Gasteiger partial charge on any atom is -0.352 e. The van der Waals surface area contributed by atoms with E-state index >= 15 is 0 Å². The fraction of sp³-hybridized carbons (Fsp3) is 0.308. The number of hydrogen-bond donors (Lipinski definition) is 2. The normalized spacial score (nSPS) is 10.5. The van der Waals surface area contributed by atoms with E-state index in [0.29, 0.717) is 5.56 Å². The molecule has 1 aromatic rings. The monoisotopic (exact) mass is 270 g/mol. The predicted octanol–water partition coefficient (Wildman–Crippen LogP) is 1.68. The Kier molecular flexibility index (Phi) is 5.39. The molecule has 0 atom stereocenters. The van der Waals surface area contributed by atoms with E-state index in [0.717, 1.165) is 0 Å². The van der Waals surface area contributed by atoms with E-state index in [1.807, 2.05) is 0 Å². The molecule has 0 aliphatic heterocycles. The lowest BCUT2D eigenvalue weighted by molar-refractivity contribution is -0.132. The molecule has 0 aromatic heterocycles. The first-order valence-corrected chi connectivity index (χ1v) is 5.56. The molecule has 0 bridgehead atoms. The number of benzene rings is 1. The van der Waals surface area contributed by atoms with Crippen molar-refractivity contribution in [2.45, 2.75) is 12.6 Å². The number of amides is 1. The van der Waals surface area contributed by atoms with Crippen LogP contribution in [0.25, 0.3) is 0 Å². The van der Waals surface area contributed by atoms with E-state index in [-0.39, 0.29) is 12.1 Å². The number of carbonyl (C=O) groups excluding carboxylic acids is 1. The fourth-order valence-electron chi connectivity index (χ4n) is 1.31. The van der Waals surface area contributed by atoms with E-state index in [1.165, 1.54) is 12.1 Å². The standard InChI is InChI=1S/C13H13F3N2O/c14-13(15,16)6-8-18-12(19)11-5-1-3-10(9-11)4-2-7-17/h1,3,5,9H,6-8,17H2,(H,18,19). The van der Waals surface area contributed by atoms with Gasteiger partial charge in [-0.1, -0.05) is 17.9 Å². The van der Waals surface area contributed by atoms with Crippen LogP contribution in [0.1, 0.15) is 22.3 Å². The van der Waals surface area contributed by atoms with Crippen molar-refractivity contribution in [2.24, 2.45) is 5.73 Å². The quantitative estimate of drug-likeness (QED) is 0.821. The Labute approximate surface area is 109 Å². The minimum atomic E-state index is -4.28. The molecule has 1 amide bonds. The van der Waals surface area contributed by atoms with Gasteiger partial charge < -0.3 is 11.1 Å². The van der Waals surface area contributed by atoms with Gasteiger partial charge in [-0.15, -0.1) is 0 Å². The molecule has 0 spiro atoms. The fourth-order valence-corrected chi connectivity index (χ4v) is 1.31.